The fourth-order valence-corrected chi connectivity index (χ4v) is 2.67. The van der Waals surface area contributed by atoms with Crippen LogP contribution in [0.15, 0.2) is 29.4 Å². The molecule has 0 aliphatic heterocycles. The van der Waals surface area contributed by atoms with Crippen LogP contribution in [-0.2, 0) is 26.3 Å². The van der Waals surface area contributed by atoms with E-state index in [1.807, 2.05) is 0 Å². The first kappa shape index (κ1) is 26.2. The van der Waals surface area contributed by atoms with Crippen LogP contribution in [0.2, 0.25) is 5.02 Å². The van der Waals surface area contributed by atoms with Crippen molar-refractivity contribution in [2.45, 2.75) is 32.8 Å². The summed E-state index contributed by atoms with van der Waals surface area (Å²) in [6, 6.07) is 4.16. The third-order valence-corrected chi connectivity index (χ3v) is 3.84. The minimum Gasteiger partial charge on any atom is -0.434 e. The molecule has 0 saturated heterocycles. The average Bonchev–Trinajstić information content (AvgIpc) is 3.00. The van der Waals surface area contributed by atoms with Gasteiger partial charge in [0.1, 0.15) is 5.75 Å². The highest BCUT2D eigenvalue weighted by molar-refractivity contribution is 14.0. The Morgan fingerprint density at radius 2 is 1.97 bits per heavy atom. The molecule has 0 bridgehead atoms. The van der Waals surface area contributed by atoms with E-state index in [9.17, 15) is 22.0 Å². The molecule has 2 N–H and O–H groups in total. The third kappa shape index (κ3) is 7.78. The Bertz CT molecular complexity index is 860. The first-order valence-electron chi connectivity index (χ1n) is 8.45. The van der Waals surface area contributed by atoms with Gasteiger partial charge in [0.2, 0.25) is 0 Å². The highest BCUT2D eigenvalue weighted by Crippen LogP contribution is 2.31. The van der Waals surface area contributed by atoms with E-state index in [-0.39, 0.29) is 54.3 Å². The molecule has 0 unspecified atom stereocenters. The number of aliphatic imine (C=N–C) groups is 1. The molecule has 2 rings (SSSR count). The summed E-state index contributed by atoms with van der Waals surface area (Å²) in [5, 5.41) is 9.47. The topological polar surface area (TPSA) is 63.5 Å². The van der Waals surface area contributed by atoms with Gasteiger partial charge in [0.05, 0.1) is 6.54 Å². The Balaban J connectivity index is 0.00000450. The van der Waals surface area contributed by atoms with Crippen molar-refractivity contribution < 1.29 is 26.7 Å². The van der Waals surface area contributed by atoms with Crippen molar-refractivity contribution in [3.8, 4) is 5.75 Å². The summed E-state index contributed by atoms with van der Waals surface area (Å²) in [6.07, 6.45) is -3.36. The normalized spacial score (nSPS) is 12.0. The summed E-state index contributed by atoms with van der Waals surface area (Å²) >= 11 is 5.90. The maximum Gasteiger partial charge on any atom is 0.435 e. The molecule has 1 heterocycles. The third-order valence-electron chi connectivity index (χ3n) is 3.61. The molecule has 30 heavy (non-hydrogen) atoms. The predicted molar refractivity (Wildman–Crippen MR) is 113 cm³/mol. The number of rotatable bonds is 7. The summed E-state index contributed by atoms with van der Waals surface area (Å²) in [5.74, 6) is 0.117. The van der Waals surface area contributed by atoms with Crippen LogP contribution in [0.5, 0.6) is 5.75 Å². The van der Waals surface area contributed by atoms with Crippen molar-refractivity contribution in [3.05, 3.63) is 46.2 Å². The van der Waals surface area contributed by atoms with Crippen LogP contribution in [0, 0.1) is 0 Å². The Labute approximate surface area is 191 Å². The van der Waals surface area contributed by atoms with Crippen LogP contribution < -0.4 is 15.4 Å². The minimum absolute atomic E-state index is 0. The van der Waals surface area contributed by atoms with Gasteiger partial charge in [-0.3, -0.25) is 4.68 Å². The number of aryl methyl sites for hydroxylation is 1. The van der Waals surface area contributed by atoms with Gasteiger partial charge in [0, 0.05) is 42.5 Å². The lowest BCUT2D eigenvalue weighted by Gasteiger charge is -2.15. The number of nitrogens with one attached hydrogen (secondary N) is 2. The summed E-state index contributed by atoms with van der Waals surface area (Å²) in [6.45, 7) is -1.08. The molecule has 13 heteroatoms. The highest BCUT2D eigenvalue weighted by Gasteiger charge is 2.36. The maximum absolute atomic E-state index is 13.0. The number of benzene rings is 1. The van der Waals surface area contributed by atoms with E-state index in [4.69, 9.17) is 11.6 Å². The summed E-state index contributed by atoms with van der Waals surface area (Å²) in [4.78, 5) is 4.12. The van der Waals surface area contributed by atoms with Crippen molar-refractivity contribution in [1.82, 2.24) is 20.4 Å². The largest absolute Gasteiger partial charge is 0.435 e. The first-order valence-corrected chi connectivity index (χ1v) is 8.83. The molecule has 0 atom stereocenters. The molecule has 0 saturated carbocycles. The number of guanidine groups is 1. The quantitative estimate of drug-likeness (QED) is 0.223. The van der Waals surface area contributed by atoms with Crippen molar-refractivity contribution in [2.24, 2.45) is 12.0 Å². The minimum atomic E-state index is -4.60. The van der Waals surface area contributed by atoms with Crippen LogP contribution >= 0.6 is 35.6 Å². The van der Waals surface area contributed by atoms with Gasteiger partial charge in [0.15, 0.2) is 11.7 Å². The van der Waals surface area contributed by atoms with Crippen LogP contribution in [0.3, 0.4) is 0 Å². The fraction of sp³-hybridized carbons (Fsp3) is 0.412. The average molecular weight is 568 g/mol. The molecule has 2 aromatic rings. The Kier molecular flexibility index (Phi) is 10.1. The summed E-state index contributed by atoms with van der Waals surface area (Å²) in [5.41, 5.74) is -0.774. The molecular weight excluding hydrogens is 548 g/mol. The molecule has 0 radical (unpaired) electrons. The second kappa shape index (κ2) is 11.5. The molecule has 0 fully saturated rings. The molecule has 0 aliphatic carbocycles. The van der Waals surface area contributed by atoms with E-state index in [1.54, 1.807) is 6.92 Å². The van der Waals surface area contributed by atoms with Gasteiger partial charge in [-0.25, -0.2) is 4.99 Å². The van der Waals surface area contributed by atoms with Crippen LogP contribution in [0.1, 0.15) is 23.7 Å². The smallest absolute Gasteiger partial charge is 0.434 e. The second-order valence-electron chi connectivity index (χ2n) is 5.85. The van der Waals surface area contributed by atoms with Crippen LogP contribution in [0.4, 0.5) is 22.0 Å². The number of hydrogen-bond donors (Lipinski definition) is 2. The van der Waals surface area contributed by atoms with Crippen LogP contribution in [0.25, 0.3) is 0 Å². The lowest BCUT2D eigenvalue weighted by Crippen LogP contribution is -2.37. The van der Waals surface area contributed by atoms with Crippen molar-refractivity contribution in [2.75, 3.05) is 6.54 Å². The zero-order valence-electron chi connectivity index (χ0n) is 15.9. The zero-order chi connectivity index (χ0) is 21.6. The SMILES string of the molecule is CCNC(=NCc1cn(C)nc1C(F)(F)F)NCc1cc(Cl)ccc1OC(F)F.I. The molecule has 0 spiro atoms. The van der Waals surface area contributed by atoms with Crippen molar-refractivity contribution in [1.29, 1.82) is 0 Å². The van der Waals surface area contributed by atoms with E-state index in [1.165, 1.54) is 31.4 Å². The van der Waals surface area contributed by atoms with Gasteiger partial charge in [-0.05, 0) is 25.1 Å². The molecule has 0 amide bonds. The number of halogens is 7. The zero-order valence-corrected chi connectivity index (χ0v) is 19.0. The Hall–Kier alpha value is -1.83. The molecular formula is C17H20ClF5IN5O. The van der Waals surface area contributed by atoms with E-state index in [0.29, 0.717) is 17.1 Å². The lowest BCUT2D eigenvalue weighted by atomic mass is 10.2. The molecule has 0 aliphatic rings. The van der Waals surface area contributed by atoms with Gasteiger partial charge in [-0.1, -0.05) is 11.6 Å². The number of alkyl halides is 5. The molecule has 1 aromatic carbocycles. The number of ether oxygens (including phenoxy) is 1. The Morgan fingerprint density at radius 3 is 2.57 bits per heavy atom. The van der Waals surface area contributed by atoms with Gasteiger partial charge < -0.3 is 15.4 Å². The molecule has 168 valence electrons. The second-order valence-corrected chi connectivity index (χ2v) is 6.29. The van der Waals surface area contributed by atoms with Crippen molar-refractivity contribution in [3.63, 3.8) is 0 Å². The van der Waals surface area contributed by atoms with Gasteiger partial charge in [-0.15, -0.1) is 24.0 Å². The fourth-order valence-electron chi connectivity index (χ4n) is 2.47. The predicted octanol–water partition coefficient (Wildman–Crippen LogP) is 4.57. The molecule has 6 nitrogen and oxygen atoms in total. The van der Waals surface area contributed by atoms with Gasteiger partial charge in [-0.2, -0.15) is 27.1 Å². The standard InChI is InChI=1S/C17H19ClF5N5O.HI/c1-3-24-16(26-8-11-9-28(2)27-14(11)17(21,22)23)25-7-10-6-12(18)4-5-13(10)29-15(19)20;/h4-6,9,15H,3,7-8H2,1-2H3,(H2,24,25,26);1H. The van der Waals surface area contributed by atoms with Gasteiger partial charge in [0.25, 0.3) is 0 Å². The number of nitrogens with zero attached hydrogens (tertiary/aromatic N) is 3. The number of hydrogen-bond acceptors (Lipinski definition) is 3. The lowest BCUT2D eigenvalue weighted by molar-refractivity contribution is -0.142. The maximum atomic E-state index is 13.0. The summed E-state index contributed by atoms with van der Waals surface area (Å²) in [7, 11) is 1.38. The molecule has 1 aromatic heterocycles. The first-order chi connectivity index (χ1) is 13.6. The Morgan fingerprint density at radius 1 is 1.27 bits per heavy atom. The summed E-state index contributed by atoms with van der Waals surface area (Å²) < 4.78 is 69.8. The van der Waals surface area contributed by atoms with E-state index in [0.717, 1.165) is 4.68 Å². The number of aromatic nitrogens is 2. The van der Waals surface area contributed by atoms with Gasteiger partial charge >= 0.3 is 12.8 Å². The van der Waals surface area contributed by atoms with Crippen LogP contribution in [-0.4, -0.2) is 28.9 Å². The van der Waals surface area contributed by atoms with Crippen molar-refractivity contribution >= 4 is 41.5 Å². The van der Waals surface area contributed by atoms with E-state index in [2.05, 4.69) is 25.5 Å². The van der Waals surface area contributed by atoms with E-state index < -0.39 is 18.5 Å². The van der Waals surface area contributed by atoms with E-state index >= 15 is 0 Å². The monoisotopic (exact) mass is 567 g/mol. The highest BCUT2D eigenvalue weighted by atomic mass is 127.